The molecule has 0 radical (unpaired) electrons. The Bertz CT molecular complexity index is 1350. The minimum absolute atomic E-state index is 0.585. The van der Waals surface area contributed by atoms with Crippen LogP contribution < -0.4 is 5.32 Å². The molecular formula is C24H23N7. The number of aromatic nitrogens is 6. The SMILES string of the molecule is CCc1ccccc1NCc1nc(-c2ccc3ncnn3c2)c(-c2cccc(C)n2)[nH]1. The van der Waals surface area contributed by atoms with Crippen molar-refractivity contribution >= 4 is 11.3 Å². The topological polar surface area (TPSA) is 83.8 Å². The van der Waals surface area contributed by atoms with Crippen molar-refractivity contribution in [1.29, 1.82) is 0 Å². The first kappa shape index (κ1) is 19.0. The molecule has 7 nitrogen and oxygen atoms in total. The van der Waals surface area contributed by atoms with Crippen LogP contribution in [0.5, 0.6) is 0 Å². The van der Waals surface area contributed by atoms with Crippen molar-refractivity contribution in [3.63, 3.8) is 0 Å². The number of aromatic amines is 1. The van der Waals surface area contributed by atoms with Crippen LogP contribution in [0.4, 0.5) is 5.69 Å². The van der Waals surface area contributed by atoms with E-state index in [2.05, 4.69) is 45.5 Å². The standard InChI is InChI=1S/C24H23N7/c1-3-17-8-4-5-9-19(17)25-13-21-29-23(18-11-12-22-26-15-27-31(22)14-18)24(30-21)20-10-6-7-16(2)28-20/h4-12,14-15,25H,3,13H2,1-2H3,(H,29,30). The average Bonchev–Trinajstić information content (AvgIpc) is 3.44. The molecule has 0 aliphatic heterocycles. The molecule has 0 saturated carbocycles. The lowest BCUT2D eigenvalue weighted by Gasteiger charge is -2.09. The Morgan fingerprint density at radius 1 is 1.00 bits per heavy atom. The summed E-state index contributed by atoms with van der Waals surface area (Å²) in [6.45, 7) is 4.74. The second-order valence-electron chi connectivity index (χ2n) is 7.42. The van der Waals surface area contributed by atoms with E-state index in [1.165, 1.54) is 5.56 Å². The largest absolute Gasteiger partial charge is 0.378 e. The smallest absolute Gasteiger partial charge is 0.155 e. The van der Waals surface area contributed by atoms with Crippen molar-refractivity contribution < 1.29 is 0 Å². The van der Waals surface area contributed by atoms with Gasteiger partial charge in [0.2, 0.25) is 0 Å². The molecule has 4 heterocycles. The highest BCUT2D eigenvalue weighted by molar-refractivity contribution is 5.77. The van der Waals surface area contributed by atoms with Crippen molar-refractivity contribution in [3.8, 4) is 22.6 Å². The predicted octanol–water partition coefficient (Wildman–Crippen LogP) is 4.66. The zero-order valence-electron chi connectivity index (χ0n) is 17.5. The zero-order chi connectivity index (χ0) is 21.2. The number of hydrogen-bond acceptors (Lipinski definition) is 5. The summed E-state index contributed by atoms with van der Waals surface area (Å²) in [7, 11) is 0. The van der Waals surface area contributed by atoms with E-state index in [-0.39, 0.29) is 0 Å². The lowest BCUT2D eigenvalue weighted by atomic mass is 10.1. The molecule has 0 spiro atoms. The van der Waals surface area contributed by atoms with Gasteiger partial charge in [-0.05, 0) is 49.2 Å². The maximum Gasteiger partial charge on any atom is 0.155 e. The van der Waals surface area contributed by atoms with Gasteiger partial charge in [-0.2, -0.15) is 5.10 Å². The molecule has 0 atom stereocenters. The minimum Gasteiger partial charge on any atom is -0.378 e. The van der Waals surface area contributed by atoms with Gasteiger partial charge < -0.3 is 10.3 Å². The summed E-state index contributed by atoms with van der Waals surface area (Å²) in [5.74, 6) is 0.845. The molecule has 0 aliphatic rings. The number of nitrogens with zero attached hydrogens (tertiary/aromatic N) is 5. The summed E-state index contributed by atoms with van der Waals surface area (Å²) < 4.78 is 1.76. The van der Waals surface area contributed by atoms with Gasteiger partial charge in [0.25, 0.3) is 0 Å². The van der Waals surface area contributed by atoms with Gasteiger partial charge in [-0.1, -0.05) is 31.2 Å². The summed E-state index contributed by atoms with van der Waals surface area (Å²) in [6.07, 6.45) is 4.47. The maximum atomic E-state index is 4.93. The molecule has 0 unspecified atom stereocenters. The van der Waals surface area contributed by atoms with Crippen molar-refractivity contribution in [2.45, 2.75) is 26.8 Å². The van der Waals surface area contributed by atoms with Crippen molar-refractivity contribution in [2.24, 2.45) is 0 Å². The lowest BCUT2D eigenvalue weighted by Crippen LogP contribution is -2.03. The molecule has 0 fully saturated rings. The van der Waals surface area contributed by atoms with Gasteiger partial charge >= 0.3 is 0 Å². The Hall–Kier alpha value is -4.00. The number of benzene rings is 1. The molecule has 154 valence electrons. The van der Waals surface area contributed by atoms with Gasteiger partial charge in [0, 0.05) is 23.1 Å². The van der Waals surface area contributed by atoms with E-state index in [9.17, 15) is 0 Å². The summed E-state index contributed by atoms with van der Waals surface area (Å²) >= 11 is 0. The molecular weight excluding hydrogens is 386 g/mol. The van der Waals surface area contributed by atoms with Crippen molar-refractivity contribution in [1.82, 2.24) is 29.5 Å². The van der Waals surface area contributed by atoms with Crippen LogP contribution in [0, 0.1) is 6.92 Å². The lowest BCUT2D eigenvalue weighted by molar-refractivity contribution is 0.960. The van der Waals surface area contributed by atoms with Crippen LogP contribution >= 0.6 is 0 Å². The van der Waals surface area contributed by atoms with Gasteiger partial charge in [0.15, 0.2) is 5.65 Å². The summed E-state index contributed by atoms with van der Waals surface area (Å²) in [5, 5.41) is 7.78. The number of hydrogen-bond donors (Lipinski definition) is 2. The minimum atomic E-state index is 0.585. The summed E-state index contributed by atoms with van der Waals surface area (Å²) in [4.78, 5) is 17.4. The molecule has 5 rings (SSSR count). The summed E-state index contributed by atoms with van der Waals surface area (Å²) in [6, 6.07) is 18.3. The normalized spacial score (nSPS) is 11.2. The van der Waals surface area contributed by atoms with E-state index in [1.807, 2.05) is 49.5 Å². The molecule has 1 aromatic carbocycles. The molecule has 4 aromatic heterocycles. The first-order chi connectivity index (χ1) is 15.2. The van der Waals surface area contributed by atoms with Crippen LogP contribution in [0.25, 0.3) is 28.3 Å². The van der Waals surface area contributed by atoms with Crippen LogP contribution in [-0.2, 0) is 13.0 Å². The molecule has 2 N–H and O–H groups in total. The Balaban J connectivity index is 1.54. The fraction of sp³-hybridized carbons (Fsp3) is 0.167. The van der Waals surface area contributed by atoms with E-state index < -0.39 is 0 Å². The highest BCUT2D eigenvalue weighted by Gasteiger charge is 2.16. The van der Waals surface area contributed by atoms with Crippen molar-refractivity contribution in [3.05, 3.63) is 84.2 Å². The molecule has 31 heavy (non-hydrogen) atoms. The Morgan fingerprint density at radius 2 is 1.90 bits per heavy atom. The summed E-state index contributed by atoms with van der Waals surface area (Å²) in [5.41, 5.74) is 7.72. The Labute approximate surface area is 180 Å². The monoisotopic (exact) mass is 409 g/mol. The number of anilines is 1. The van der Waals surface area contributed by atoms with E-state index in [4.69, 9.17) is 9.97 Å². The maximum absolute atomic E-state index is 4.93. The number of pyridine rings is 2. The number of imidazole rings is 1. The Morgan fingerprint density at radius 3 is 2.77 bits per heavy atom. The highest BCUT2D eigenvalue weighted by Crippen LogP contribution is 2.30. The van der Waals surface area contributed by atoms with Crippen molar-refractivity contribution in [2.75, 3.05) is 5.32 Å². The van der Waals surface area contributed by atoms with E-state index in [0.29, 0.717) is 6.54 Å². The third kappa shape index (κ3) is 3.77. The zero-order valence-corrected chi connectivity index (χ0v) is 17.5. The fourth-order valence-corrected chi connectivity index (χ4v) is 3.72. The second-order valence-corrected chi connectivity index (χ2v) is 7.42. The highest BCUT2D eigenvalue weighted by atomic mass is 15.3. The van der Waals surface area contributed by atoms with Gasteiger partial charge in [-0.3, -0.25) is 4.98 Å². The fourth-order valence-electron chi connectivity index (χ4n) is 3.72. The number of aryl methyl sites for hydroxylation is 2. The molecule has 0 aliphatic carbocycles. The number of rotatable bonds is 6. The van der Waals surface area contributed by atoms with Gasteiger partial charge in [-0.15, -0.1) is 0 Å². The molecule has 7 heteroatoms. The molecule has 0 saturated heterocycles. The molecule has 5 aromatic rings. The van der Waals surface area contributed by atoms with E-state index in [1.54, 1.807) is 10.8 Å². The third-order valence-electron chi connectivity index (χ3n) is 5.29. The average molecular weight is 409 g/mol. The number of fused-ring (bicyclic) bond motifs is 1. The van der Waals surface area contributed by atoms with Gasteiger partial charge in [-0.25, -0.2) is 14.5 Å². The van der Waals surface area contributed by atoms with E-state index in [0.717, 1.165) is 51.9 Å². The van der Waals surface area contributed by atoms with E-state index >= 15 is 0 Å². The second kappa shape index (κ2) is 8.02. The third-order valence-corrected chi connectivity index (χ3v) is 5.29. The van der Waals surface area contributed by atoms with Crippen LogP contribution in [0.2, 0.25) is 0 Å². The first-order valence-corrected chi connectivity index (χ1v) is 10.4. The quantitative estimate of drug-likeness (QED) is 0.426. The number of nitrogens with one attached hydrogen (secondary N) is 2. The number of para-hydroxylation sites is 1. The van der Waals surface area contributed by atoms with Crippen LogP contribution in [0.3, 0.4) is 0 Å². The molecule has 0 bridgehead atoms. The number of H-pyrrole nitrogens is 1. The first-order valence-electron chi connectivity index (χ1n) is 10.4. The van der Waals surface area contributed by atoms with Gasteiger partial charge in [0.1, 0.15) is 12.2 Å². The Kier molecular flexibility index (Phi) is 4.92. The van der Waals surface area contributed by atoms with Crippen LogP contribution in [-0.4, -0.2) is 29.5 Å². The van der Waals surface area contributed by atoms with Crippen LogP contribution in [0.1, 0.15) is 24.0 Å². The van der Waals surface area contributed by atoms with Gasteiger partial charge in [0.05, 0.1) is 23.6 Å². The van der Waals surface area contributed by atoms with Crippen LogP contribution in [0.15, 0.2) is 67.1 Å². The molecule has 0 amide bonds. The predicted molar refractivity (Wildman–Crippen MR) is 122 cm³/mol.